The first-order chi connectivity index (χ1) is 6.03. The lowest BCUT2D eigenvalue weighted by Gasteiger charge is -2.38. The molecule has 1 atom stereocenters. The van der Waals surface area contributed by atoms with Gasteiger partial charge in [-0.3, -0.25) is 4.90 Å². The molecule has 0 aromatic heterocycles. The van der Waals surface area contributed by atoms with Crippen molar-refractivity contribution in [2.75, 3.05) is 26.2 Å². The third-order valence-corrected chi connectivity index (χ3v) is 2.13. The second-order valence-electron chi connectivity index (χ2n) is 4.08. The molecule has 1 fully saturated rings. The van der Waals surface area contributed by atoms with Crippen molar-refractivity contribution in [3.63, 3.8) is 0 Å². The van der Waals surface area contributed by atoms with Crippen LogP contribution in [0.3, 0.4) is 0 Å². The predicted octanol–water partition coefficient (Wildman–Crippen LogP) is -0.0519. The van der Waals surface area contributed by atoms with Crippen molar-refractivity contribution < 1.29 is 4.74 Å². The van der Waals surface area contributed by atoms with Crippen LogP contribution in [0.2, 0.25) is 0 Å². The fourth-order valence-electron chi connectivity index (χ4n) is 1.59. The molecule has 0 saturated carbocycles. The number of hydrogen-bond donors (Lipinski definition) is 1. The van der Waals surface area contributed by atoms with Crippen LogP contribution in [-0.4, -0.2) is 42.8 Å². The van der Waals surface area contributed by atoms with Gasteiger partial charge in [-0.1, -0.05) is 0 Å². The zero-order valence-electron chi connectivity index (χ0n) is 8.29. The van der Waals surface area contributed by atoms with E-state index in [4.69, 9.17) is 15.7 Å². The van der Waals surface area contributed by atoms with Gasteiger partial charge in [-0.05, 0) is 13.8 Å². The molecule has 1 rings (SSSR count). The Balaban J connectivity index is 2.40. The third-order valence-electron chi connectivity index (χ3n) is 2.13. The molecule has 0 bridgehead atoms. The molecule has 1 aliphatic rings. The summed E-state index contributed by atoms with van der Waals surface area (Å²) in [7, 11) is 0. The van der Waals surface area contributed by atoms with Gasteiger partial charge in [0.25, 0.3) is 0 Å². The van der Waals surface area contributed by atoms with Crippen molar-refractivity contribution in [2.24, 2.45) is 5.73 Å². The number of nitrogens with two attached hydrogens (primary N) is 1. The molecular formula is C9H17N3O. The van der Waals surface area contributed by atoms with E-state index in [9.17, 15) is 0 Å². The van der Waals surface area contributed by atoms with Crippen molar-refractivity contribution >= 4 is 0 Å². The molecule has 0 amide bonds. The molecule has 1 heterocycles. The van der Waals surface area contributed by atoms with Crippen molar-refractivity contribution in [3.8, 4) is 6.07 Å². The van der Waals surface area contributed by atoms with E-state index in [1.807, 2.05) is 6.07 Å². The van der Waals surface area contributed by atoms with Gasteiger partial charge in [-0.2, -0.15) is 5.26 Å². The fraction of sp³-hybridized carbons (Fsp3) is 0.889. The highest BCUT2D eigenvalue weighted by Crippen LogP contribution is 2.15. The van der Waals surface area contributed by atoms with E-state index in [2.05, 4.69) is 18.7 Å². The summed E-state index contributed by atoms with van der Waals surface area (Å²) >= 11 is 0. The van der Waals surface area contributed by atoms with Gasteiger partial charge in [0, 0.05) is 19.6 Å². The quantitative estimate of drug-likeness (QED) is 0.652. The molecule has 74 valence electrons. The van der Waals surface area contributed by atoms with Gasteiger partial charge in [-0.15, -0.1) is 0 Å². The van der Waals surface area contributed by atoms with Gasteiger partial charge in [0.2, 0.25) is 0 Å². The van der Waals surface area contributed by atoms with Crippen LogP contribution in [-0.2, 0) is 4.74 Å². The highest BCUT2D eigenvalue weighted by molar-refractivity contribution is 4.91. The van der Waals surface area contributed by atoms with Gasteiger partial charge in [0.1, 0.15) is 6.04 Å². The molecule has 13 heavy (non-hydrogen) atoms. The number of nitriles is 1. The van der Waals surface area contributed by atoms with Crippen molar-refractivity contribution in [2.45, 2.75) is 25.5 Å². The molecule has 0 spiro atoms. The van der Waals surface area contributed by atoms with Gasteiger partial charge < -0.3 is 10.5 Å². The number of rotatable bonds is 2. The summed E-state index contributed by atoms with van der Waals surface area (Å²) in [5.41, 5.74) is 5.45. The minimum atomic E-state index is -0.381. The molecule has 1 aliphatic heterocycles. The lowest BCUT2D eigenvalue weighted by molar-refractivity contribution is -0.0860. The molecule has 1 unspecified atom stereocenters. The molecule has 4 heteroatoms. The SMILES string of the molecule is CC1(C)CN(CC(N)C#N)CCO1. The van der Waals surface area contributed by atoms with Gasteiger partial charge >= 0.3 is 0 Å². The van der Waals surface area contributed by atoms with Crippen LogP contribution in [0, 0.1) is 11.3 Å². The summed E-state index contributed by atoms with van der Waals surface area (Å²) in [4.78, 5) is 2.18. The summed E-state index contributed by atoms with van der Waals surface area (Å²) in [6, 6.07) is 1.65. The fourth-order valence-corrected chi connectivity index (χ4v) is 1.59. The number of nitrogens with zero attached hydrogens (tertiary/aromatic N) is 2. The Hall–Kier alpha value is -0.630. The van der Waals surface area contributed by atoms with E-state index < -0.39 is 0 Å². The molecular weight excluding hydrogens is 166 g/mol. The maximum Gasteiger partial charge on any atom is 0.106 e. The molecule has 0 aliphatic carbocycles. The average molecular weight is 183 g/mol. The van der Waals surface area contributed by atoms with E-state index in [0.29, 0.717) is 6.54 Å². The molecule has 0 aromatic rings. The topological polar surface area (TPSA) is 62.3 Å². The van der Waals surface area contributed by atoms with Crippen LogP contribution < -0.4 is 5.73 Å². The maximum absolute atomic E-state index is 8.56. The molecule has 1 saturated heterocycles. The molecule has 0 radical (unpaired) electrons. The van der Waals surface area contributed by atoms with Gasteiger partial charge in [0.15, 0.2) is 0 Å². The largest absolute Gasteiger partial charge is 0.373 e. The maximum atomic E-state index is 8.56. The Bertz CT molecular complexity index is 209. The lowest BCUT2D eigenvalue weighted by Crippen LogP contribution is -2.51. The summed E-state index contributed by atoms with van der Waals surface area (Å²) in [6.07, 6.45) is 0. The highest BCUT2D eigenvalue weighted by atomic mass is 16.5. The first-order valence-electron chi connectivity index (χ1n) is 4.55. The Morgan fingerprint density at radius 2 is 2.38 bits per heavy atom. The van der Waals surface area contributed by atoms with Crippen LogP contribution >= 0.6 is 0 Å². The lowest BCUT2D eigenvalue weighted by atomic mass is 10.1. The average Bonchev–Trinajstić information content (AvgIpc) is 2.02. The van der Waals surface area contributed by atoms with Gasteiger partial charge in [0.05, 0.1) is 18.3 Å². The van der Waals surface area contributed by atoms with Crippen LogP contribution in [0.25, 0.3) is 0 Å². The minimum Gasteiger partial charge on any atom is -0.373 e. The second-order valence-corrected chi connectivity index (χ2v) is 4.08. The van der Waals surface area contributed by atoms with E-state index >= 15 is 0 Å². The van der Waals surface area contributed by atoms with Crippen LogP contribution in [0.5, 0.6) is 0 Å². The zero-order chi connectivity index (χ0) is 9.90. The monoisotopic (exact) mass is 183 g/mol. The Morgan fingerprint density at radius 3 is 2.92 bits per heavy atom. The van der Waals surface area contributed by atoms with Crippen LogP contribution in [0.15, 0.2) is 0 Å². The summed E-state index contributed by atoms with van der Waals surface area (Å²) in [6.45, 7) is 7.20. The Labute approximate surface area is 79.3 Å². The van der Waals surface area contributed by atoms with E-state index in [1.54, 1.807) is 0 Å². The number of morpholine rings is 1. The van der Waals surface area contributed by atoms with Crippen LogP contribution in [0.4, 0.5) is 0 Å². The minimum absolute atomic E-state index is 0.104. The summed E-state index contributed by atoms with van der Waals surface area (Å²) < 4.78 is 5.55. The first-order valence-corrected chi connectivity index (χ1v) is 4.55. The van der Waals surface area contributed by atoms with E-state index in [1.165, 1.54) is 0 Å². The summed E-state index contributed by atoms with van der Waals surface area (Å²) in [5.74, 6) is 0. The standard InChI is InChI=1S/C9H17N3O/c1-9(2)7-12(3-4-13-9)6-8(11)5-10/h8H,3-4,6-7,11H2,1-2H3. The number of ether oxygens (including phenoxy) is 1. The Morgan fingerprint density at radius 1 is 1.69 bits per heavy atom. The normalized spacial score (nSPS) is 25.1. The van der Waals surface area contributed by atoms with E-state index in [0.717, 1.165) is 19.7 Å². The van der Waals surface area contributed by atoms with E-state index in [-0.39, 0.29) is 11.6 Å². The number of hydrogen-bond acceptors (Lipinski definition) is 4. The van der Waals surface area contributed by atoms with Crippen molar-refractivity contribution in [1.29, 1.82) is 5.26 Å². The second kappa shape index (κ2) is 4.05. The first kappa shape index (κ1) is 10.5. The van der Waals surface area contributed by atoms with Crippen molar-refractivity contribution in [3.05, 3.63) is 0 Å². The van der Waals surface area contributed by atoms with Crippen LogP contribution in [0.1, 0.15) is 13.8 Å². The smallest absolute Gasteiger partial charge is 0.106 e. The molecule has 0 aromatic carbocycles. The zero-order valence-corrected chi connectivity index (χ0v) is 8.29. The Kier molecular flexibility index (Phi) is 3.26. The summed E-state index contributed by atoms with van der Waals surface area (Å²) in [5, 5.41) is 8.56. The third kappa shape index (κ3) is 3.31. The van der Waals surface area contributed by atoms with Gasteiger partial charge in [-0.25, -0.2) is 0 Å². The van der Waals surface area contributed by atoms with Crippen molar-refractivity contribution in [1.82, 2.24) is 4.90 Å². The predicted molar refractivity (Wildman–Crippen MR) is 50.1 cm³/mol. The highest BCUT2D eigenvalue weighted by Gasteiger charge is 2.27. The molecule has 2 N–H and O–H groups in total. The molecule has 4 nitrogen and oxygen atoms in total.